The molecule has 0 spiro atoms. The number of benzene rings is 1. The summed E-state index contributed by atoms with van der Waals surface area (Å²) in [6.07, 6.45) is 0.812. The Morgan fingerprint density at radius 3 is 2.55 bits per heavy atom. The molecule has 1 N–H and O–H groups in total. The van der Waals surface area contributed by atoms with Gasteiger partial charge in [-0.1, -0.05) is 19.1 Å². The van der Waals surface area contributed by atoms with Gasteiger partial charge < -0.3 is 14.8 Å². The molecule has 0 aliphatic heterocycles. The molecule has 2 atom stereocenters. The Kier molecular flexibility index (Phi) is 5.14. The number of para-hydroxylation sites is 1. The van der Waals surface area contributed by atoms with Gasteiger partial charge in [0.25, 0.3) is 5.91 Å². The number of rotatable bonds is 6. The van der Waals surface area contributed by atoms with Crippen molar-refractivity contribution in [3.8, 4) is 0 Å². The summed E-state index contributed by atoms with van der Waals surface area (Å²) in [5.74, 6) is -1.10. The third-order valence-electron chi connectivity index (χ3n) is 3.45. The highest BCUT2D eigenvalue weighted by Gasteiger charge is 2.40. The molecule has 0 heterocycles. The van der Waals surface area contributed by atoms with Gasteiger partial charge in [0.2, 0.25) is 0 Å². The number of ether oxygens (including phenoxy) is 2. The zero-order valence-electron chi connectivity index (χ0n) is 12.6. The first-order valence-electron chi connectivity index (χ1n) is 7.25. The van der Waals surface area contributed by atoms with E-state index in [0.29, 0.717) is 11.6 Å². The lowest BCUT2D eigenvalue weighted by atomic mass is 10.2. The molecule has 1 aliphatic rings. The zero-order chi connectivity index (χ0) is 16.1. The van der Waals surface area contributed by atoms with E-state index in [-0.39, 0.29) is 30.7 Å². The fourth-order valence-electron chi connectivity index (χ4n) is 2.06. The molecule has 1 saturated carbocycles. The number of carbonyl (C=O) groups is 3. The fourth-order valence-corrected chi connectivity index (χ4v) is 2.06. The summed E-state index contributed by atoms with van der Waals surface area (Å²) in [5, 5.41) is 2.56. The van der Waals surface area contributed by atoms with Gasteiger partial charge in [0.15, 0.2) is 6.61 Å². The maximum atomic E-state index is 11.8. The first-order chi connectivity index (χ1) is 10.5. The number of hydrogen-bond donors (Lipinski definition) is 1. The van der Waals surface area contributed by atoms with Gasteiger partial charge in [0, 0.05) is 0 Å². The predicted molar refractivity (Wildman–Crippen MR) is 79.3 cm³/mol. The standard InChI is InChI=1S/C16H19NO5/c1-3-21-15(19)11-6-4-5-7-13(11)17-14(18)9-22-16(20)12-8-10(12)2/h4-7,10,12H,3,8-9H2,1-2H3,(H,17,18). The van der Waals surface area contributed by atoms with Crippen LogP contribution in [0.15, 0.2) is 24.3 Å². The fraction of sp³-hybridized carbons (Fsp3) is 0.438. The topological polar surface area (TPSA) is 81.7 Å². The minimum absolute atomic E-state index is 0.0837. The molecule has 1 fully saturated rings. The van der Waals surface area contributed by atoms with Crippen molar-refractivity contribution >= 4 is 23.5 Å². The second kappa shape index (κ2) is 7.06. The van der Waals surface area contributed by atoms with Crippen molar-refractivity contribution in [3.63, 3.8) is 0 Å². The van der Waals surface area contributed by atoms with Crippen LogP contribution in [0.25, 0.3) is 0 Å². The summed E-state index contributed by atoms with van der Waals surface area (Å²) in [7, 11) is 0. The minimum atomic E-state index is -0.512. The van der Waals surface area contributed by atoms with Crippen LogP contribution >= 0.6 is 0 Å². The summed E-state index contributed by atoms with van der Waals surface area (Å²) >= 11 is 0. The van der Waals surface area contributed by atoms with Crippen molar-refractivity contribution in [1.29, 1.82) is 0 Å². The molecule has 0 radical (unpaired) electrons. The highest BCUT2D eigenvalue weighted by atomic mass is 16.5. The molecule has 1 aromatic rings. The summed E-state index contributed by atoms with van der Waals surface area (Å²) in [5.41, 5.74) is 0.599. The smallest absolute Gasteiger partial charge is 0.340 e. The largest absolute Gasteiger partial charge is 0.462 e. The van der Waals surface area contributed by atoms with Crippen LogP contribution in [0.3, 0.4) is 0 Å². The van der Waals surface area contributed by atoms with Crippen LogP contribution in [0.2, 0.25) is 0 Å². The molecule has 1 amide bonds. The van der Waals surface area contributed by atoms with E-state index < -0.39 is 11.9 Å². The highest BCUT2D eigenvalue weighted by Crippen LogP contribution is 2.38. The number of hydrogen-bond acceptors (Lipinski definition) is 5. The molecular weight excluding hydrogens is 286 g/mol. The maximum absolute atomic E-state index is 11.8. The number of anilines is 1. The first-order valence-corrected chi connectivity index (χ1v) is 7.25. The molecule has 2 unspecified atom stereocenters. The number of amides is 1. The predicted octanol–water partition coefficient (Wildman–Crippen LogP) is 2.00. The molecule has 118 valence electrons. The van der Waals surface area contributed by atoms with Gasteiger partial charge in [-0.3, -0.25) is 9.59 Å². The maximum Gasteiger partial charge on any atom is 0.340 e. The monoisotopic (exact) mass is 305 g/mol. The molecule has 6 heteroatoms. The zero-order valence-corrected chi connectivity index (χ0v) is 12.6. The molecule has 1 aliphatic carbocycles. The molecule has 6 nitrogen and oxygen atoms in total. The molecule has 0 saturated heterocycles. The van der Waals surface area contributed by atoms with E-state index in [9.17, 15) is 14.4 Å². The number of carbonyl (C=O) groups excluding carboxylic acids is 3. The van der Waals surface area contributed by atoms with Crippen LogP contribution in [0.4, 0.5) is 5.69 Å². The first kappa shape index (κ1) is 16.0. The molecule has 2 rings (SSSR count). The van der Waals surface area contributed by atoms with Crippen molar-refractivity contribution in [3.05, 3.63) is 29.8 Å². The molecule has 0 aromatic heterocycles. The van der Waals surface area contributed by atoms with Gasteiger partial charge in [0.1, 0.15) is 0 Å². The van der Waals surface area contributed by atoms with Crippen LogP contribution in [0, 0.1) is 11.8 Å². The normalized spacial score (nSPS) is 19.2. The van der Waals surface area contributed by atoms with Gasteiger partial charge in [-0.2, -0.15) is 0 Å². The number of nitrogens with one attached hydrogen (secondary N) is 1. The van der Waals surface area contributed by atoms with E-state index in [0.717, 1.165) is 6.42 Å². The second-order valence-corrected chi connectivity index (χ2v) is 5.24. The van der Waals surface area contributed by atoms with E-state index in [1.807, 2.05) is 6.92 Å². The van der Waals surface area contributed by atoms with E-state index in [1.165, 1.54) is 0 Å². The van der Waals surface area contributed by atoms with Crippen molar-refractivity contribution in [2.75, 3.05) is 18.5 Å². The quantitative estimate of drug-likeness (QED) is 0.813. The lowest BCUT2D eigenvalue weighted by molar-refractivity contribution is -0.148. The van der Waals surface area contributed by atoms with E-state index in [1.54, 1.807) is 31.2 Å². The molecule has 1 aromatic carbocycles. The average Bonchev–Trinajstić information content (AvgIpc) is 3.22. The average molecular weight is 305 g/mol. The molecular formula is C16H19NO5. The van der Waals surface area contributed by atoms with Crippen LogP contribution in [0.5, 0.6) is 0 Å². The molecule has 0 bridgehead atoms. The highest BCUT2D eigenvalue weighted by molar-refractivity contribution is 6.01. The second-order valence-electron chi connectivity index (χ2n) is 5.24. The summed E-state index contributed by atoms with van der Waals surface area (Å²) in [6.45, 7) is 3.55. The summed E-state index contributed by atoms with van der Waals surface area (Å²) < 4.78 is 9.88. The van der Waals surface area contributed by atoms with Crippen LogP contribution in [-0.4, -0.2) is 31.1 Å². The Hall–Kier alpha value is -2.37. The van der Waals surface area contributed by atoms with E-state index in [4.69, 9.17) is 9.47 Å². The van der Waals surface area contributed by atoms with Crippen molar-refractivity contribution in [2.45, 2.75) is 20.3 Å². The Morgan fingerprint density at radius 1 is 1.23 bits per heavy atom. The van der Waals surface area contributed by atoms with Crippen molar-refractivity contribution in [1.82, 2.24) is 0 Å². The van der Waals surface area contributed by atoms with Gasteiger partial charge in [-0.25, -0.2) is 4.79 Å². The Morgan fingerprint density at radius 2 is 1.91 bits per heavy atom. The lowest BCUT2D eigenvalue weighted by Crippen LogP contribution is -2.23. The van der Waals surface area contributed by atoms with Gasteiger partial charge in [-0.05, 0) is 31.4 Å². The van der Waals surface area contributed by atoms with E-state index in [2.05, 4.69) is 5.32 Å². The third kappa shape index (κ3) is 4.07. The van der Waals surface area contributed by atoms with E-state index >= 15 is 0 Å². The van der Waals surface area contributed by atoms with Crippen LogP contribution in [-0.2, 0) is 19.1 Å². The summed E-state index contributed by atoms with van der Waals surface area (Å²) in [6, 6.07) is 6.52. The van der Waals surface area contributed by atoms with Crippen molar-refractivity contribution < 1.29 is 23.9 Å². The van der Waals surface area contributed by atoms with Crippen LogP contribution < -0.4 is 5.32 Å². The van der Waals surface area contributed by atoms with Gasteiger partial charge in [0.05, 0.1) is 23.8 Å². The summed E-state index contributed by atoms with van der Waals surface area (Å²) in [4.78, 5) is 35.2. The van der Waals surface area contributed by atoms with Gasteiger partial charge in [-0.15, -0.1) is 0 Å². The Balaban J connectivity index is 1.91. The third-order valence-corrected chi connectivity index (χ3v) is 3.45. The van der Waals surface area contributed by atoms with Crippen molar-refractivity contribution in [2.24, 2.45) is 11.8 Å². The lowest BCUT2D eigenvalue weighted by Gasteiger charge is -2.10. The Labute approximate surface area is 128 Å². The Bertz CT molecular complexity index is 584. The number of esters is 2. The SMILES string of the molecule is CCOC(=O)c1ccccc1NC(=O)COC(=O)C1CC1C. The van der Waals surface area contributed by atoms with Gasteiger partial charge >= 0.3 is 11.9 Å². The minimum Gasteiger partial charge on any atom is -0.462 e. The molecule has 22 heavy (non-hydrogen) atoms. The van der Waals surface area contributed by atoms with Crippen LogP contribution in [0.1, 0.15) is 30.6 Å².